The second-order valence-corrected chi connectivity index (χ2v) is 10.3. The van der Waals surface area contributed by atoms with Gasteiger partial charge in [0.15, 0.2) is 0 Å². The van der Waals surface area contributed by atoms with Gasteiger partial charge in [0.2, 0.25) is 0 Å². The molecular formula is C38H24N4. The van der Waals surface area contributed by atoms with Gasteiger partial charge in [-0.25, -0.2) is 4.98 Å². The lowest BCUT2D eigenvalue weighted by Crippen LogP contribution is -1.92. The molecule has 0 aliphatic carbocycles. The van der Waals surface area contributed by atoms with Crippen molar-refractivity contribution in [3.8, 4) is 44.9 Å². The first-order chi connectivity index (χ1) is 20.8. The van der Waals surface area contributed by atoms with Crippen LogP contribution in [0.1, 0.15) is 0 Å². The van der Waals surface area contributed by atoms with E-state index in [0.29, 0.717) is 0 Å². The quantitative estimate of drug-likeness (QED) is 0.210. The Balaban J connectivity index is 1.16. The van der Waals surface area contributed by atoms with Crippen LogP contribution in [0.5, 0.6) is 0 Å². The third kappa shape index (κ3) is 4.18. The van der Waals surface area contributed by atoms with Gasteiger partial charge in [0, 0.05) is 33.7 Å². The van der Waals surface area contributed by atoms with Crippen LogP contribution in [0.2, 0.25) is 0 Å². The van der Waals surface area contributed by atoms with E-state index in [9.17, 15) is 0 Å². The largest absolute Gasteiger partial charge is 0.254 e. The predicted octanol–water partition coefficient (Wildman–Crippen LogP) is 9.39. The minimum absolute atomic E-state index is 0.858. The van der Waals surface area contributed by atoms with Gasteiger partial charge in [0.05, 0.1) is 40.5 Å². The molecular weight excluding hydrogens is 512 g/mol. The minimum Gasteiger partial charge on any atom is -0.254 e. The fourth-order valence-electron chi connectivity index (χ4n) is 5.70. The summed E-state index contributed by atoms with van der Waals surface area (Å²) < 4.78 is 0. The lowest BCUT2D eigenvalue weighted by molar-refractivity contribution is 1.21. The van der Waals surface area contributed by atoms with Crippen molar-refractivity contribution in [3.05, 3.63) is 146 Å². The molecule has 196 valence electrons. The van der Waals surface area contributed by atoms with E-state index in [1.54, 1.807) is 0 Å². The van der Waals surface area contributed by atoms with Gasteiger partial charge in [0.25, 0.3) is 0 Å². The van der Waals surface area contributed by atoms with Gasteiger partial charge in [-0.3, -0.25) is 15.0 Å². The smallest absolute Gasteiger partial charge is 0.0972 e. The highest BCUT2D eigenvalue weighted by Crippen LogP contribution is 2.36. The number of benzene rings is 5. The third-order valence-electron chi connectivity index (χ3n) is 7.85. The Bertz CT molecular complexity index is 2220. The van der Waals surface area contributed by atoms with Crippen molar-refractivity contribution >= 4 is 32.6 Å². The molecule has 0 saturated heterocycles. The fraction of sp³-hybridized carbons (Fsp3) is 0. The molecule has 5 aromatic carbocycles. The molecule has 8 rings (SSSR count). The molecule has 4 nitrogen and oxygen atoms in total. The van der Waals surface area contributed by atoms with E-state index in [2.05, 4.69) is 96.0 Å². The Labute approximate surface area is 243 Å². The summed E-state index contributed by atoms with van der Waals surface area (Å²) in [4.78, 5) is 19.1. The molecule has 0 fully saturated rings. The second kappa shape index (κ2) is 10.0. The molecule has 0 aliphatic rings. The maximum Gasteiger partial charge on any atom is 0.0972 e. The van der Waals surface area contributed by atoms with E-state index in [-0.39, 0.29) is 0 Å². The minimum atomic E-state index is 0.858. The molecule has 0 atom stereocenters. The summed E-state index contributed by atoms with van der Waals surface area (Å²) in [5, 5.41) is 4.51. The van der Waals surface area contributed by atoms with Crippen LogP contribution in [0.25, 0.3) is 77.5 Å². The molecule has 4 heteroatoms. The van der Waals surface area contributed by atoms with Crippen molar-refractivity contribution in [1.82, 2.24) is 19.9 Å². The van der Waals surface area contributed by atoms with Gasteiger partial charge < -0.3 is 0 Å². The van der Waals surface area contributed by atoms with E-state index in [1.807, 2.05) is 55.0 Å². The molecule has 3 heterocycles. The summed E-state index contributed by atoms with van der Waals surface area (Å²) in [5.41, 5.74) is 10.0. The summed E-state index contributed by atoms with van der Waals surface area (Å²) in [5.74, 6) is 0. The van der Waals surface area contributed by atoms with E-state index < -0.39 is 0 Å². The third-order valence-corrected chi connectivity index (χ3v) is 7.85. The standard InChI is InChI=1S/C38H24N4/c1-2-7-26(8-3-1)35-23-41-36(24-40-35)33-20-19-30(31-10-4-5-11-32(31)33)25-12-14-27(15-13-25)34-21-18-29-17-16-28-9-6-22-39-37(28)38(29)42-34/h1-24H. The number of hydrogen-bond acceptors (Lipinski definition) is 4. The number of pyridine rings is 2. The first kappa shape index (κ1) is 24.1. The number of fused-ring (bicyclic) bond motifs is 4. The highest BCUT2D eigenvalue weighted by atomic mass is 14.8. The van der Waals surface area contributed by atoms with Crippen LogP contribution >= 0.6 is 0 Å². The summed E-state index contributed by atoms with van der Waals surface area (Å²) in [6.45, 7) is 0. The number of nitrogens with zero attached hydrogens (tertiary/aromatic N) is 4. The van der Waals surface area contributed by atoms with Crippen molar-refractivity contribution in [1.29, 1.82) is 0 Å². The molecule has 0 aliphatic heterocycles. The van der Waals surface area contributed by atoms with Gasteiger partial charge in [-0.05, 0) is 34.0 Å². The number of hydrogen-bond donors (Lipinski definition) is 0. The lowest BCUT2D eigenvalue weighted by Gasteiger charge is -2.12. The zero-order chi connectivity index (χ0) is 27.9. The van der Waals surface area contributed by atoms with E-state index >= 15 is 0 Å². The van der Waals surface area contributed by atoms with E-state index in [4.69, 9.17) is 15.0 Å². The van der Waals surface area contributed by atoms with Crippen molar-refractivity contribution in [2.45, 2.75) is 0 Å². The first-order valence-electron chi connectivity index (χ1n) is 14.0. The zero-order valence-electron chi connectivity index (χ0n) is 22.6. The lowest BCUT2D eigenvalue weighted by atomic mass is 9.93. The molecule has 42 heavy (non-hydrogen) atoms. The zero-order valence-corrected chi connectivity index (χ0v) is 22.6. The topological polar surface area (TPSA) is 51.6 Å². The van der Waals surface area contributed by atoms with E-state index in [0.717, 1.165) is 66.5 Å². The van der Waals surface area contributed by atoms with Gasteiger partial charge in [-0.1, -0.05) is 115 Å². The maximum absolute atomic E-state index is 5.02. The second-order valence-electron chi connectivity index (χ2n) is 10.3. The fourth-order valence-corrected chi connectivity index (χ4v) is 5.70. The summed E-state index contributed by atoms with van der Waals surface area (Å²) in [7, 11) is 0. The highest BCUT2D eigenvalue weighted by molar-refractivity contribution is 6.05. The van der Waals surface area contributed by atoms with Crippen LogP contribution < -0.4 is 0 Å². The average molecular weight is 537 g/mol. The van der Waals surface area contributed by atoms with Crippen LogP contribution in [0, 0.1) is 0 Å². The van der Waals surface area contributed by atoms with E-state index in [1.165, 1.54) is 10.9 Å². The Kier molecular flexibility index (Phi) is 5.75. The Morgan fingerprint density at radius 3 is 1.76 bits per heavy atom. The van der Waals surface area contributed by atoms with Gasteiger partial charge >= 0.3 is 0 Å². The van der Waals surface area contributed by atoms with Crippen LogP contribution in [0.15, 0.2) is 146 Å². The van der Waals surface area contributed by atoms with Crippen molar-refractivity contribution in [2.75, 3.05) is 0 Å². The maximum atomic E-state index is 5.02. The predicted molar refractivity (Wildman–Crippen MR) is 172 cm³/mol. The van der Waals surface area contributed by atoms with Crippen LogP contribution in [-0.4, -0.2) is 19.9 Å². The molecule has 3 aromatic heterocycles. The van der Waals surface area contributed by atoms with Gasteiger partial charge in [-0.15, -0.1) is 0 Å². The normalized spacial score (nSPS) is 11.3. The van der Waals surface area contributed by atoms with Gasteiger partial charge in [-0.2, -0.15) is 0 Å². The number of aromatic nitrogens is 4. The molecule has 0 radical (unpaired) electrons. The molecule has 0 amide bonds. The highest BCUT2D eigenvalue weighted by Gasteiger charge is 2.12. The van der Waals surface area contributed by atoms with Gasteiger partial charge in [0.1, 0.15) is 0 Å². The molecule has 0 bridgehead atoms. The first-order valence-corrected chi connectivity index (χ1v) is 14.0. The summed E-state index contributed by atoms with van der Waals surface area (Å²) >= 11 is 0. The average Bonchev–Trinajstić information content (AvgIpc) is 3.08. The van der Waals surface area contributed by atoms with Crippen molar-refractivity contribution in [3.63, 3.8) is 0 Å². The molecule has 0 spiro atoms. The van der Waals surface area contributed by atoms with Crippen molar-refractivity contribution in [2.24, 2.45) is 0 Å². The Hall–Kier alpha value is -5.74. The molecule has 0 unspecified atom stereocenters. The summed E-state index contributed by atoms with van der Waals surface area (Å²) in [6.07, 6.45) is 5.55. The van der Waals surface area contributed by atoms with Crippen LogP contribution in [-0.2, 0) is 0 Å². The molecule has 0 N–H and O–H groups in total. The van der Waals surface area contributed by atoms with Crippen LogP contribution in [0.3, 0.4) is 0 Å². The SMILES string of the molecule is c1ccc(-c2cnc(-c3ccc(-c4ccc(-c5ccc6ccc7cccnc7c6n5)cc4)c4ccccc34)cn2)cc1. The van der Waals surface area contributed by atoms with Crippen LogP contribution in [0.4, 0.5) is 0 Å². The Morgan fingerprint density at radius 1 is 0.357 bits per heavy atom. The Morgan fingerprint density at radius 2 is 0.976 bits per heavy atom. The monoisotopic (exact) mass is 536 g/mol. The van der Waals surface area contributed by atoms with Crippen molar-refractivity contribution < 1.29 is 0 Å². The molecule has 0 saturated carbocycles. The summed E-state index contributed by atoms with van der Waals surface area (Å²) in [6, 6.07) is 44.1. The molecule has 8 aromatic rings. The number of rotatable bonds is 4.